The second-order valence-electron chi connectivity index (χ2n) is 4.68. The van der Waals surface area contributed by atoms with Gasteiger partial charge in [-0.2, -0.15) is 5.26 Å². The third kappa shape index (κ3) is 2.81. The van der Waals surface area contributed by atoms with Crippen molar-refractivity contribution in [1.82, 2.24) is 0 Å². The van der Waals surface area contributed by atoms with Crippen LogP contribution in [0.1, 0.15) is 24.8 Å². The largest absolute Gasteiger partial charge is 0.362 e. The lowest BCUT2D eigenvalue weighted by Crippen LogP contribution is -2.27. The molecule has 19 heavy (non-hydrogen) atoms. The lowest BCUT2D eigenvalue weighted by Gasteiger charge is -2.23. The summed E-state index contributed by atoms with van der Waals surface area (Å²) in [7, 11) is 0. The van der Waals surface area contributed by atoms with E-state index in [9.17, 15) is 14.5 Å². The van der Waals surface area contributed by atoms with E-state index in [2.05, 4.69) is 0 Å². The molecule has 0 unspecified atom stereocenters. The number of halogens is 1. The van der Waals surface area contributed by atoms with Crippen LogP contribution in [0.15, 0.2) is 12.1 Å². The quantitative estimate of drug-likeness (QED) is 0.605. The minimum atomic E-state index is -0.577. The van der Waals surface area contributed by atoms with Gasteiger partial charge in [0.25, 0.3) is 5.69 Å². The highest BCUT2D eigenvalue weighted by Gasteiger charge is 2.33. The first-order valence-corrected chi connectivity index (χ1v) is 6.12. The van der Waals surface area contributed by atoms with E-state index in [1.165, 1.54) is 6.07 Å². The lowest BCUT2D eigenvalue weighted by atomic mass is 10.1. The molecule has 0 saturated heterocycles. The third-order valence-electron chi connectivity index (χ3n) is 3.21. The van der Waals surface area contributed by atoms with E-state index < -0.39 is 10.7 Å². The van der Waals surface area contributed by atoms with Crippen LogP contribution in [0.25, 0.3) is 0 Å². The van der Waals surface area contributed by atoms with Crippen LogP contribution >= 0.6 is 0 Å². The van der Waals surface area contributed by atoms with Crippen molar-refractivity contribution in [2.45, 2.75) is 32.2 Å². The van der Waals surface area contributed by atoms with Gasteiger partial charge in [-0.1, -0.05) is 0 Å². The molecule has 1 aliphatic carbocycles. The fraction of sp³-hybridized carbons (Fsp3) is 0.462. The van der Waals surface area contributed by atoms with E-state index in [0.29, 0.717) is 24.2 Å². The molecule has 0 heterocycles. The molecular formula is C13H14FN3O2. The summed E-state index contributed by atoms with van der Waals surface area (Å²) >= 11 is 0. The van der Waals surface area contributed by atoms with E-state index in [4.69, 9.17) is 5.26 Å². The Morgan fingerprint density at radius 1 is 1.58 bits per heavy atom. The fourth-order valence-corrected chi connectivity index (χ4v) is 2.09. The predicted octanol–water partition coefficient (Wildman–Crippen LogP) is 2.92. The molecule has 0 spiro atoms. The van der Waals surface area contributed by atoms with Crippen molar-refractivity contribution in [3.05, 3.63) is 33.6 Å². The van der Waals surface area contributed by atoms with Gasteiger partial charge in [0.05, 0.1) is 23.5 Å². The van der Waals surface area contributed by atoms with Gasteiger partial charge in [-0.25, -0.2) is 4.39 Å². The zero-order chi connectivity index (χ0) is 14.0. The van der Waals surface area contributed by atoms with Crippen LogP contribution < -0.4 is 4.90 Å². The van der Waals surface area contributed by atoms with E-state index in [1.807, 2.05) is 11.0 Å². The molecule has 100 valence electrons. The van der Waals surface area contributed by atoms with Gasteiger partial charge in [-0.3, -0.25) is 10.1 Å². The monoisotopic (exact) mass is 263 g/mol. The first kappa shape index (κ1) is 13.3. The second kappa shape index (κ2) is 5.22. The number of nitrogens with zero attached hydrogens (tertiary/aromatic N) is 3. The lowest BCUT2D eigenvalue weighted by molar-refractivity contribution is -0.384. The summed E-state index contributed by atoms with van der Waals surface area (Å²) in [5.74, 6) is -0.577. The van der Waals surface area contributed by atoms with E-state index in [0.717, 1.165) is 18.9 Å². The summed E-state index contributed by atoms with van der Waals surface area (Å²) in [6.45, 7) is 2.02. The highest BCUT2D eigenvalue weighted by molar-refractivity contribution is 5.66. The highest BCUT2D eigenvalue weighted by Crippen LogP contribution is 2.38. The number of hydrogen-bond acceptors (Lipinski definition) is 4. The first-order chi connectivity index (χ1) is 9.04. The molecule has 0 aromatic heterocycles. The minimum absolute atomic E-state index is 0.229. The van der Waals surface area contributed by atoms with E-state index in [1.54, 1.807) is 6.92 Å². The van der Waals surface area contributed by atoms with Crippen LogP contribution in [-0.2, 0) is 0 Å². The van der Waals surface area contributed by atoms with Crippen molar-refractivity contribution in [3.63, 3.8) is 0 Å². The molecule has 0 bridgehead atoms. The van der Waals surface area contributed by atoms with E-state index in [-0.39, 0.29) is 11.7 Å². The van der Waals surface area contributed by atoms with Crippen molar-refractivity contribution in [1.29, 1.82) is 5.26 Å². The number of nitro benzene ring substituents is 1. The normalized spacial score (nSPS) is 13.9. The van der Waals surface area contributed by atoms with Crippen LogP contribution in [-0.4, -0.2) is 17.5 Å². The van der Waals surface area contributed by atoms with Gasteiger partial charge in [0.15, 0.2) is 0 Å². The van der Waals surface area contributed by atoms with E-state index >= 15 is 0 Å². The zero-order valence-corrected chi connectivity index (χ0v) is 10.6. The first-order valence-electron chi connectivity index (χ1n) is 6.12. The Morgan fingerprint density at radius 3 is 2.79 bits per heavy atom. The highest BCUT2D eigenvalue weighted by atomic mass is 19.1. The molecule has 0 N–H and O–H groups in total. The number of nitriles is 1. The average molecular weight is 263 g/mol. The van der Waals surface area contributed by atoms with Gasteiger partial charge < -0.3 is 4.90 Å². The number of aryl methyl sites for hydroxylation is 1. The smallest absolute Gasteiger partial charge is 0.295 e. The minimum Gasteiger partial charge on any atom is -0.362 e. The van der Waals surface area contributed by atoms with Crippen molar-refractivity contribution in [2.75, 3.05) is 11.4 Å². The summed E-state index contributed by atoms with van der Waals surface area (Å²) in [5, 5.41) is 19.7. The van der Waals surface area contributed by atoms with Crippen molar-refractivity contribution >= 4 is 11.4 Å². The maximum Gasteiger partial charge on any atom is 0.295 e. The Morgan fingerprint density at radius 2 is 2.26 bits per heavy atom. The number of nitro groups is 1. The van der Waals surface area contributed by atoms with Crippen LogP contribution in [0, 0.1) is 34.2 Å². The molecule has 5 nitrogen and oxygen atoms in total. The Labute approximate surface area is 110 Å². The number of anilines is 1. The molecule has 1 aromatic rings. The summed E-state index contributed by atoms with van der Waals surface area (Å²) in [6.07, 6.45) is 2.21. The molecule has 2 rings (SSSR count). The maximum atomic E-state index is 13.5. The molecule has 0 atom stereocenters. The summed E-state index contributed by atoms with van der Waals surface area (Å²) in [4.78, 5) is 12.3. The summed E-state index contributed by atoms with van der Waals surface area (Å²) < 4.78 is 13.5. The van der Waals surface area contributed by atoms with Gasteiger partial charge >= 0.3 is 0 Å². The predicted molar refractivity (Wildman–Crippen MR) is 68.4 cm³/mol. The standard InChI is InChI=1S/C13H14FN3O2/c1-9-7-12(13(17(18)19)8-11(9)14)16(6-2-5-15)10-3-4-10/h7-8,10H,2-4,6H2,1H3. The number of hydrogen-bond donors (Lipinski definition) is 0. The third-order valence-corrected chi connectivity index (χ3v) is 3.21. The molecule has 1 fully saturated rings. The van der Waals surface area contributed by atoms with Gasteiger partial charge in [-0.15, -0.1) is 0 Å². The molecule has 0 radical (unpaired) electrons. The van der Waals surface area contributed by atoms with Crippen LogP contribution in [0.4, 0.5) is 15.8 Å². The van der Waals surface area contributed by atoms with Gasteiger partial charge in [0, 0.05) is 12.6 Å². The zero-order valence-electron chi connectivity index (χ0n) is 10.6. The number of benzene rings is 1. The summed E-state index contributed by atoms with van der Waals surface area (Å²) in [5.41, 5.74) is 0.567. The molecule has 6 heteroatoms. The van der Waals surface area contributed by atoms with Crippen molar-refractivity contribution in [2.24, 2.45) is 0 Å². The van der Waals surface area contributed by atoms with Crippen molar-refractivity contribution in [3.8, 4) is 6.07 Å². The molecule has 0 amide bonds. The van der Waals surface area contributed by atoms with Gasteiger partial charge in [0.1, 0.15) is 11.5 Å². The molecule has 0 aliphatic heterocycles. The van der Waals surface area contributed by atoms with Gasteiger partial charge in [0.2, 0.25) is 0 Å². The van der Waals surface area contributed by atoms with Gasteiger partial charge in [-0.05, 0) is 31.4 Å². The Bertz CT molecular complexity index is 550. The molecule has 1 aliphatic rings. The second-order valence-corrected chi connectivity index (χ2v) is 4.68. The Kier molecular flexibility index (Phi) is 3.65. The maximum absolute atomic E-state index is 13.5. The summed E-state index contributed by atoms with van der Waals surface area (Å²) in [6, 6.07) is 4.74. The molecule has 1 saturated carbocycles. The van der Waals surface area contributed by atoms with Crippen LogP contribution in [0.5, 0.6) is 0 Å². The van der Waals surface area contributed by atoms with Crippen LogP contribution in [0.2, 0.25) is 0 Å². The molecular weight excluding hydrogens is 249 g/mol. The van der Waals surface area contributed by atoms with Crippen molar-refractivity contribution < 1.29 is 9.31 Å². The SMILES string of the molecule is Cc1cc(N(CCC#N)C2CC2)c([N+](=O)[O-])cc1F. The average Bonchev–Trinajstić information content (AvgIpc) is 3.17. The topological polar surface area (TPSA) is 70.2 Å². The van der Waals surface area contributed by atoms with Crippen LogP contribution in [0.3, 0.4) is 0 Å². The number of rotatable bonds is 5. The fourth-order valence-electron chi connectivity index (χ4n) is 2.09. The Hall–Kier alpha value is -2.16. The Balaban J connectivity index is 2.42. The molecule has 1 aromatic carbocycles.